The van der Waals surface area contributed by atoms with Gasteiger partial charge < -0.3 is 24.4 Å². The molecule has 1 heterocycles. The van der Waals surface area contributed by atoms with Gasteiger partial charge in [-0.1, -0.05) is 24.3 Å². The molecule has 0 radical (unpaired) electrons. The molecule has 1 unspecified atom stereocenters. The third-order valence-corrected chi connectivity index (χ3v) is 5.36. The Balaban J connectivity index is 1.98. The summed E-state index contributed by atoms with van der Waals surface area (Å²) < 4.78 is 16.3. The minimum absolute atomic E-state index is 0.287. The van der Waals surface area contributed by atoms with Gasteiger partial charge in [0.15, 0.2) is 16.6 Å². The van der Waals surface area contributed by atoms with E-state index in [2.05, 4.69) is 5.32 Å². The number of hydrogen-bond acceptors (Lipinski definition) is 6. The molecule has 0 amide bonds. The molecular weight excluding hydrogens is 416 g/mol. The molecule has 1 aliphatic rings. The predicted molar refractivity (Wildman–Crippen MR) is 120 cm³/mol. The topological polar surface area (TPSA) is 77.1 Å². The van der Waals surface area contributed by atoms with E-state index in [0.717, 1.165) is 5.56 Å². The highest BCUT2D eigenvalue weighted by atomic mass is 32.1. The lowest BCUT2D eigenvalue weighted by Gasteiger charge is -2.35. The molecular formula is C23H24N2O5S. The summed E-state index contributed by atoms with van der Waals surface area (Å²) in [5, 5.41) is 3.65. The predicted octanol–water partition coefficient (Wildman–Crippen LogP) is 3.61. The first-order valence-corrected chi connectivity index (χ1v) is 10.2. The van der Waals surface area contributed by atoms with Gasteiger partial charge in [0, 0.05) is 12.7 Å². The Kier molecular flexibility index (Phi) is 6.91. The van der Waals surface area contributed by atoms with Crippen LogP contribution < -0.4 is 14.8 Å². The van der Waals surface area contributed by atoms with Gasteiger partial charge in [0.25, 0.3) is 0 Å². The van der Waals surface area contributed by atoms with Crippen molar-refractivity contribution < 1.29 is 23.8 Å². The molecule has 2 aromatic rings. The molecule has 0 bridgehead atoms. The molecule has 0 spiro atoms. The van der Waals surface area contributed by atoms with Crippen LogP contribution in [0.25, 0.3) is 0 Å². The van der Waals surface area contributed by atoms with Crippen LogP contribution in [-0.2, 0) is 9.53 Å². The summed E-state index contributed by atoms with van der Waals surface area (Å²) in [4.78, 5) is 26.7. The zero-order chi connectivity index (χ0) is 22.5. The van der Waals surface area contributed by atoms with E-state index in [1.807, 2.05) is 19.9 Å². The summed E-state index contributed by atoms with van der Waals surface area (Å²) in [5.74, 6) is -0.270. The number of ether oxygens (including phenoxy) is 3. The molecule has 31 heavy (non-hydrogen) atoms. The van der Waals surface area contributed by atoms with E-state index < -0.39 is 18.0 Å². The molecule has 0 saturated carbocycles. The number of hydrogen-bond donors (Lipinski definition) is 1. The fourth-order valence-electron chi connectivity index (χ4n) is 3.25. The average Bonchev–Trinajstić information content (AvgIpc) is 2.78. The number of allylic oxidation sites excluding steroid dienone is 1. The lowest BCUT2D eigenvalue weighted by Crippen LogP contribution is -2.46. The van der Waals surface area contributed by atoms with Crippen LogP contribution >= 0.6 is 12.2 Å². The van der Waals surface area contributed by atoms with Crippen molar-refractivity contribution in [1.29, 1.82) is 0 Å². The zero-order valence-corrected chi connectivity index (χ0v) is 18.6. The Hall–Kier alpha value is -3.39. The molecule has 0 aliphatic carbocycles. The van der Waals surface area contributed by atoms with E-state index in [4.69, 9.17) is 26.4 Å². The Morgan fingerprint density at radius 1 is 1.10 bits per heavy atom. The number of carbonyl (C=O) groups is 2. The highest BCUT2D eigenvalue weighted by Gasteiger charge is 2.33. The molecule has 0 saturated heterocycles. The van der Waals surface area contributed by atoms with Crippen molar-refractivity contribution in [3.8, 4) is 11.5 Å². The van der Waals surface area contributed by atoms with Crippen LogP contribution in [0.3, 0.4) is 0 Å². The fraction of sp³-hybridized carbons (Fsp3) is 0.261. The summed E-state index contributed by atoms with van der Waals surface area (Å²) in [5.41, 5.74) is 2.29. The van der Waals surface area contributed by atoms with Crippen LogP contribution in [0.5, 0.6) is 11.5 Å². The maximum absolute atomic E-state index is 12.5. The molecule has 1 aliphatic heterocycles. The fourth-order valence-corrected chi connectivity index (χ4v) is 3.50. The van der Waals surface area contributed by atoms with Gasteiger partial charge in [-0.15, -0.1) is 0 Å². The summed E-state index contributed by atoms with van der Waals surface area (Å²) in [6, 6.07) is 13.3. The maximum atomic E-state index is 12.5. The van der Waals surface area contributed by atoms with Gasteiger partial charge in [0.05, 0.1) is 30.9 Å². The molecule has 3 rings (SSSR count). The summed E-state index contributed by atoms with van der Waals surface area (Å²) >= 11 is 5.41. The highest BCUT2D eigenvalue weighted by Crippen LogP contribution is 2.36. The smallest absolute Gasteiger partial charge is 0.343 e. The first kappa shape index (κ1) is 22.3. The minimum atomic E-state index is -0.533. The van der Waals surface area contributed by atoms with Gasteiger partial charge in [-0.3, -0.25) is 0 Å². The number of carbonyl (C=O) groups excluding carboxylic acids is 2. The van der Waals surface area contributed by atoms with Crippen LogP contribution in [0.4, 0.5) is 0 Å². The van der Waals surface area contributed by atoms with E-state index in [9.17, 15) is 9.59 Å². The number of methoxy groups -OCH3 is 1. The lowest BCUT2D eigenvalue weighted by atomic mass is 9.95. The molecule has 1 N–H and O–H groups in total. The van der Waals surface area contributed by atoms with E-state index in [0.29, 0.717) is 34.3 Å². The van der Waals surface area contributed by atoms with Crippen molar-refractivity contribution in [3.05, 3.63) is 70.9 Å². The Morgan fingerprint density at radius 3 is 2.45 bits per heavy atom. The van der Waals surface area contributed by atoms with Crippen LogP contribution in [0.2, 0.25) is 0 Å². The summed E-state index contributed by atoms with van der Waals surface area (Å²) in [6.07, 6.45) is 0. The van der Waals surface area contributed by atoms with Crippen LogP contribution in [-0.4, -0.2) is 42.7 Å². The highest BCUT2D eigenvalue weighted by molar-refractivity contribution is 7.80. The van der Waals surface area contributed by atoms with E-state index in [1.54, 1.807) is 54.4 Å². The van der Waals surface area contributed by atoms with Crippen molar-refractivity contribution in [2.75, 3.05) is 20.8 Å². The third kappa shape index (κ3) is 4.69. The molecule has 0 fully saturated rings. The van der Waals surface area contributed by atoms with Gasteiger partial charge in [-0.2, -0.15) is 0 Å². The minimum Gasteiger partial charge on any atom is -0.490 e. The third-order valence-electron chi connectivity index (χ3n) is 4.97. The molecule has 8 heteroatoms. The lowest BCUT2D eigenvalue weighted by molar-refractivity contribution is -0.136. The van der Waals surface area contributed by atoms with E-state index >= 15 is 0 Å². The van der Waals surface area contributed by atoms with Crippen LogP contribution in [0, 0.1) is 0 Å². The first-order valence-electron chi connectivity index (χ1n) is 9.74. The first-order chi connectivity index (χ1) is 14.9. The number of benzene rings is 2. The van der Waals surface area contributed by atoms with Crippen LogP contribution in [0.1, 0.15) is 35.8 Å². The standard InChI is InChI=1S/C23H24N2O5S/c1-5-29-18-13-16(11-12-17(18)30-21(26)15-9-7-6-8-10-15)20-19(22(27)28-4)14(2)25(3)23(31)24-20/h6-13,20H,5H2,1-4H3,(H,24,31). The number of thiocarbonyl (C=S) groups is 1. The van der Waals surface area contributed by atoms with Gasteiger partial charge in [0.1, 0.15) is 0 Å². The zero-order valence-electron chi connectivity index (χ0n) is 17.8. The number of rotatable bonds is 6. The van der Waals surface area contributed by atoms with E-state index in [-0.39, 0.29) is 5.75 Å². The Morgan fingerprint density at radius 2 is 1.81 bits per heavy atom. The van der Waals surface area contributed by atoms with Crippen molar-refractivity contribution in [1.82, 2.24) is 10.2 Å². The molecule has 1 atom stereocenters. The van der Waals surface area contributed by atoms with Crippen molar-refractivity contribution in [3.63, 3.8) is 0 Å². The summed E-state index contributed by atoms with van der Waals surface area (Å²) in [7, 11) is 3.12. The second-order valence-electron chi connectivity index (χ2n) is 6.83. The van der Waals surface area contributed by atoms with Gasteiger partial charge in [-0.05, 0) is 55.9 Å². The maximum Gasteiger partial charge on any atom is 0.343 e. The quantitative estimate of drug-likeness (QED) is 0.415. The van der Waals surface area contributed by atoms with Crippen molar-refractivity contribution >= 4 is 29.3 Å². The second kappa shape index (κ2) is 9.61. The van der Waals surface area contributed by atoms with Gasteiger partial charge in [-0.25, -0.2) is 9.59 Å². The van der Waals surface area contributed by atoms with Crippen molar-refractivity contribution in [2.45, 2.75) is 19.9 Å². The monoisotopic (exact) mass is 440 g/mol. The number of esters is 2. The summed E-state index contributed by atoms with van der Waals surface area (Å²) in [6.45, 7) is 4.02. The van der Waals surface area contributed by atoms with Crippen molar-refractivity contribution in [2.24, 2.45) is 0 Å². The SMILES string of the molecule is CCOc1cc(C2NC(=S)N(C)C(C)=C2C(=O)OC)ccc1OC(=O)c1ccccc1. The molecule has 7 nitrogen and oxygen atoms in total. The average molecular weight is 441 g/mol. The Labute approximate surface area is 186 Å². The molecule has 2 aromatic carbocycles. The number of nitrogens with zero attached hydrogens (tertiary/aromatic N) is 1. The number of nitrogens with one attached hydrogen (secondary N) is 1. The van der Waals surface area contributed by atoms with Crippen LogP contribution in [0.15, 0.2) is 59.8 Å². The normalized spacial score (nSPS) is 15.9. The van der Waals surface area contributed by atoms with E-state index in [1.165, 1.54) is 7.11 Å². The second-order valence-corrected chi connectivity index (χ2v) is 7.21. The molecule has 0 aromatic heterocycles. The van der Waals surface area contributed by atoms with Gasteiger partial charge >= 0.3 is 11.9 Å². The molecule has 162 valence electrons. The Bertz CT molecular complexity index is 1040. The largest absolute Gasteiger partial charge is 0.490 e. The van der Waals surface area contributed by atoms with Gasteiger partial charge in [0.2, 0.25) is 0 Å².